The van der Waals surface area contributed by atoms with E-state index in [0.717, 1.165) is 5.56 Å². The fourth-order valence-electron chi connectivity index (χ4n) is 2.08. The summed E-state index contributed by atoms with van der Waals surface area (Å²) in [5.74, 6) is -0.0930. The molecule has 0 aliphatic rings. The Kier molecular flexibility index (Phi) is 6.31. The van der Waals surface area contributed by atoms with Gasteiger partial charge in [0.1, 0.15) is 6.26 Å². The van der Waals surface area contributed by atoms with Crippen molar-refractivity contribution in [1.82, 2.24) is 15.2 Å². The van der Waals surface area contributed by atoms with Gasteiger partial charge >= 0.3 is 0 Å². The number of amides is 2. The zero-order chi connectivity index (χ0) is 17.4. The average Bonchev–Trinajstić information content (AvgIpc) is 3.07. The molecule has 0 bridgehead atoms. The van der Waals surface area contributed by atoms with Gasteiger partial charge in [0.05, 0.1) is 6.54 Å². The van der Waals surface area contributed by atoms with E-state index < -0.39 is 0 Å². The minimum atomic E-state index is -0.286. The van der Waals surface area contributed by atoms with Crippen molar-refractivity contribution in [1.29, 1.82) is 0 Å². The van der Waals surface area contributed by atoms with E-state index in [2.05, 4.69) is 10.3 Å². The normalized spacial score (nSPS) is 10.8. The van der Waals surface area contributed by atoms with Crippen molar-refractivity contribution >= 4 is 17.9 Å². The lowest BCUT2D eigenvalue weighted by atomic mass is 10.2. The van der Waals surface area contributed by atoms with Crippen LogP contribution in [0.15, 0.2) is 47.1 Å². The number of nitrogens with one attached hydrogen (secondary N) is 1. The second kappa shape index (κ2) is 8.67. The van der Waals surface area contributed by atoms with Crippen LogP contribution in [0, 0.1) is 0 Å². The van der Waals surface area contributed by atoms with Gasteiger partial charge in [-0.25, -0.2) is 4.98 Å². The van der Waals surface area contributed by atoms with Crippen LogP contribution in [0.5, 0.6) is 0 Å². The van der Waals surface area contributed by atoms with E-state index in [1.54, 1.807) is 11.0 Å². The molecule has 1 N–H and O–H groups in total. The molecular weight excluding hydrogens is 306 g/mol. The van der Waals surface area contributed by atoms with Crippen molar-refractivity contribution in [3.05, 3.63) is 59.8 Å². The summed E-state index contributed by atoms with van der Waals surface area (Å²) in [6, 6.07) is 9.60. The number of hydrogen-bond donors (Lipinski definition) is 1. The molecule has 0 saturated carbocycles. The van der Waals surface area contributed by atoms with E-state index in [4.69, 9.17) is 4.42 Å². The first kappa shape index (κ1) is 17.5. The van der Waals surface area contributed by atoms with Crippen LogP contribution >= 0.6 is 0 Å². The highest BCUT2D eigenvalue weighted by atomic mass is 16.3. The Bertz CT molecular complexity index is 707. The summed E-state index contributed by atoms with van der Waals surface area (Å²) in [7, 11) is 0. The number of oxazole rings is 1. The number of likely N-dealkylation sites (N-methyl/N-ethyl adjacent to an activating group) is 1. The van der Waals surface area contributed by atoms with Crippen LogP contribution in [0.3, 0.4) is 0 Å². The lowest BCUT2D eigenvalue weighted by Gasteiger charge is -2.16. The van der Waals surface area contributed by atoms with Crippen LogP contribution in [0.1, 0.15) is 35.8 Å². The lowest BCUT2D eigenvalue weighted by molar-refractivity contribution is -0.126. The monoisotopic (exact) mass is 327 g/mol. The maximum absolute atomic E-state index is 12.3. The van der Waals surface area contributed by atoms with Crippen molar-refractivity contribution in [2.45, 2.75) is 20.4 Å². The summed E-state index contributed by atoms with van der Waals surface area (Å²) >= 11 is 0. The number of benzene rings is 1. The zero-order valence-corrected chi connectivity index (χ0v) is 13.9. The van der Waals surface area contributed by atoms with Crippen molar-refractivity contribution in [3.63, 3.8) is 0 Å². The highest BCUT2D eigenvalue weighted by molar-refractivity contribution is 5.92. The highest BCUT2D eigenvalue weighted by Crippen LogP contribution is 2.08. The third-order valence-corrected chi connectivity index (χ3v) is 3.36. The summed E-state index contributed by atoms with van der Waals surface area (Å²) in [5, 5.41) is 2.65. The second-order valence-corrected chi connectivity index (χ2v) is 5.08. The van der Waals surface area contributed by atoms with Gasteiger partial charge < -0.3 is 14.6 Å². The Hall–Kier alpha value is -2.89. The van der Waals surface area contributed by atoms with Crippen LogP contribution in [-0.4, -0.2) is 34.8 Å². The number of hydrogen-bond acceptors (Lipinski definition) is 4. The summed E-state index contributed by atoms with van der Waals surface area (Å²) in [4.78, 5) is 29.7. The minimum Gasteiger partial charge on any atom is -0.446 e. The van der Waals surface area contributed by atoms with Gasteiger partial charge in [-0.05, 0) is 25.5 Å². The second-order valence-electron chi connectivity index (χ2n) is 5.08. The predicted octanol–water partition coefficient (Wildman–Crippen LogP) is 2.49. The van der Waals surface area contributed by atoms with E-state index in [1.165, 1.54) is 12.3 Å². The van der Waals surface area contributed by atoms with E-state index in [-0.39, 0.29) is 24.1 Å². The number of aromatic nitrogens is 1. The standard InChI is InChI=1S/C18H21N3O3/c1-3-19-18(23)15-13-24-16(20-15)12-21(4-2)17(22)11-10-14-8-6-5-7-9-14/h5-11,13H,3-4,12H2,1-2H3,(H,19,23)/b11-10+. The molecule has 24 heavy (non-hydrogen) atoms. The third kappa shape index (κ3) is 4.81. The molecule has 2 aromatic rings. The van der Waals surface area contributed by atoms with Gasteiger partial charge in [0.25, 0.3) is 5.91 Å². The average molecular weight is 327 g/mol. The molecule has 2 amide bonds. The van der Waals surface area contributed by atoms with Crippen molar-refractivity contribution in [3.8, 4) is 0 Å². The predicted molar refractivity (Wildman–Crippen MR) is 91.1 cm³/mol. The molecule has 1 aromatic carbocycles. The van der Waals surface area contributed by atoms with Gasteiger partial charge in [-0.15, -0.1) is 0 Å². The first-order valence-electron chi connectivity index (χ1n) is 7.88. The molecule has 0 fully saturated rings. The molecule has 0 spiro atoms. The van der Waals surface area contributed by atoms with Gasteiger partial charge in [0.15, 0.2) is 5.69 Å². The molecule has 0 atom stereocenters. The quantitative estimate of drug-likeness (QED) is 0.793. The van der Waals surface area contributed by atoms with Gasteiger partial charge in [-0.1, -0.05) is 30.3 Å². The first-order valence-corrected chi connectivity index (χ1v) is 7.88. The fraction of sp³-hybridized carbons (Fsp3) is 0.278. The van der Waals surface area contributed by atoms with Gasteiger partial charge in [0.2, 0.25) is 11.8 Å². The van der Waals surface area contributed by atoms with E-state index in [0.29, 0.717) is 19.0 Å². The van der Waals surface area contributed by atoms with E-state index >= 15 is 0 Å². The molecule has 0 unspecified atom stereocenters. The van der Waals surface area contributed by atoms with Gasteiger partial charge in [-0.2, -0.15) is 0 Å². The smallest absolute Gasteiger partial charge is 0.273 e. The Morgan fingerprint density at radius 3 is 2.67 bits per heavy atom. The Morgan fingerprint density at radius 2 is 2.00 bits per heavy atom. The molecule has 0 saturated heterocycles. The summed E-state index contributed by atoms with van der Waals surface area (Å²) in [5.41, 5.74) is 1.17. The van der Waals surface area contributed by atoms with Crippen LogP contribution in [0.25, 0.3) is 6.08 Å². The van der Waals surface area contributed by atoms with Gasteiger partial charge in [-0.3, -0.25) is 9.59 Å². The molecule has 6 heteroatoms. The first-order chi connectivity index (χ1) is 11.6. The van der Waals surface area contributed by atoms with Crippen LogP contribution < -0.4 is 5.32 Å². The zero-order valence-electron chi connectivity index (χ0n) is 13.9. The molecule has 2 rings (SSSR count). The summed E-state index contributed by atoms with van der Waals surface area (Å²) in [6.07, 6.45) is 4.59. The number of rotatable bonds is 7. The lowest BCUT2D eigenvalue weighted by Crippen LogP contribution is -2.29. The largest absolute Gasteiger partial charge is 0.446 e. The summed E-state index contributed by atoms with van der Waals surface area (Å²) < 4.78 is 5.29. The SMILES string of the molecule is CCNC(=O)c1coc(CN(CC)C(=O)/C=C/c2ccccc2)n1. The number of carbonyl (C=O) groups is 2. The Balaban J connectivity index is 2.00. The molecule has 6 nitrogen and oxygen atoms in total. The molecule has 0 aliphatic heterocycles. The maximum Gasteiger partial charge on any atom is 0.273 e. The molecular formula is C18H21N3O3. The maximum atomic E-state index is 12.3. The van der Waals surface area contributed by atoms with Crippen molar-refractivity contribution < 1.29 is 14.0 Å². The van der Waals surface area contributed by atoms with Crippen LogP contribution in [0.4, 0.5) is 0 Å². The molecule has 0 radical (unpaired) electrons. The van der Waals surface area contributed by atoms with Crippen molar-refractivity contribution in [2.24, 2.45) is 0 Å². The van der Waals surface area contributed by atoms with E-state index in [9.17, 15) is 9.59 Å². The fourth-order valence-corrected chi connectivity index (χ4v) is 2.08. The molecule has 1 aromatic heterocycles. The Labute approximate surface area is 141 Å². The van der Waals surface area contributed by atoms with Gasteiger partial charge in [0, 0.05) is 19.2 Å². The highest BCUT2D eigenvalue weighted by Gasteiger charge is 2.15. The summed E-state index contributed by atoms with van der Waals surface area (Å²) in [6.45, 7) is 4.95. The number of nitrogens with zero attached hydrogens (tertiary/aromatic N) is 2. The molecule has 126 valence electrons. The number of carbonyl (C=O) groups excluding carboxylic acids is 2. The topological polar surface area (TPSA) is 75.4 Å². The minimum absolute atomic E-state index is 0.140. The Morgan fingerprint density at radius 1 is 1.25 bits per heavy atom. The van der Waals surface area contributed by atoms with E-state index in [1.807, 2.05) is 44.2 Å². The van der Waals surface area contributed by atoms with Crippen molar-refractivity contribution in [2.75, 3.05) is 13.1 Å². The van der Waals surface area contributed by atoms with Crippen LogP contribution in [-0.2, 0) is 11.3 Å². The van der Waals surface area contributed by atoms with Crippen LogP contribution in [0.2, 0.25) is 0 Å². The molecule has 1 heterocycles. The molecule has 0 aliphatic carbocycles. The third-order valence-electron chi connectivity index (χ3n) is 3.36.